The van der Waals surface area contributed by atoms with E-state index < -0.39 is 0 Å². The fourth-order valence-electron chi connectivity index (χ4n) is 3.15. The smallest absolute Gasteiger partial charge is 0.228 e. The second-order valence-electron chi connectivity index (χ2n) is 5.71. The van der Waals surface area contributed by atoms with Crippen LogP contribution in [0.15, 0.2) is 0 Å². The summed E-state index contributed by atoms with van der Waals surface area (Å²) in [7, 11) is 0. The normalized spacial score (nSPS) is 29.4. The second kappa shape index (κ2) is 4.74. The van der Waals surface area contributed by atoms with Crippen molar-refractivity contribution < 1.29 is 9.90 Å². The Morgan fingerprint density at radius 2 is 2.06 bits per heavy atom. The topological polar surface area (TPSA) is 40.5 Å². The van der Waals surface area contributed by atoms with Gasteiger partial charge < -0.3 is 10.0 Å². The van der Waals surface area contributed by atoms with E-state index in [1.54, 1.807) is 0 Å². The molecule has 0 aromatic rings. The number of piperidine rings is 1. The number of carbonyl (C=O) groups is 1. The van der Waals surface area contributed by atoms with Crippen molar-refractivity contribution in [1.29, 1.82) is 0 Å². The zero-order valence-corrected chi connectivity index (χ0v) is 10.2. The van der Waals surface area contributed by atoms with Gasteiger partial charge in [0.25, 0.3) is 0 Å². The van der Waals surface area contributed by atoms with E-state index in [4.69, 9.17) is 0 Å². The molecule has 0 spiro atoms. The number of aliphatic hydroxyl groups is 1. The first-order chi connectivity index (χ1) is 7.65. The number of hydrogen-bond donors (Lipinski definition) is 1. The first kappa shape index (κ1) is 11.9. The molecule has 3 heteroatoms. The number of likely N-dealkylation sites (tertiary alicyclic amines) is 1. The molecule has 0 bridgehead atoms. The fourth-order valence-corrected chi connectivity index (χ4v) is 3.15. The lowest BCUT2D eigenvalue weighted by Gasteiger charge is -2.37. The Bertz CT molecular complexity index is 259. The van der Waals surface area contributed by atoms with Crippen molar-refractivity contribution in [3.05, 3.63) is 0 Å². The molecule has 1 N–H and O–H groups in total. The highest BCUT2D eigenvalue weighted by atomic mass is 16.3. The van der Waals surface area contributed by atoms with Gasteiger partial charge in [0.15, 0.2) is 0 Å². The van der Waals surface area contributed by atoms with Crippen LogP contribution in [0.4, 0.5) is 0 Å². The van der Waals surface area contributed by atoms with E-state index in [1.165, 1.54) is 12.8 Å². The molecule has 3 nitrogen and oxygen atoms in total. The molecule has 1 unspecified atom stereocenters. The van der Waals surface area contributed by atoms with Gasteiger partial charge in [-0.25, -0.2) is 0 Å². The van der Waals surface area contributed by atoms with E-state index in [1.807, 2.05) is 4.90 Å². The van der Waals surface area contributed by atoms with Crippen LogP contribution in [0.1, 0.15) is 45.4 Å². The van der Waals surface area contributed by atoms with E-state index in [9.17, 15) is 9.90 Å². The molecule has 2 aliphatic rings. The van der Waals surface area contributed by atoms with Gasteiger partial charge in [0.05, 0.1) is 0 Å². The first-order valence-electron chi connectivity index (χ1n) is 6.56. The summed E-state index contributed by atoms with van der Waals surface area (Å²) in [5.74, 6) is 0.644. The fraction of sp³-hybridized carbons (Fsp3) is 0.923. The quantitative estimate of drug-likeness (QED) is 0.778. The van der Waals surface area contributed by atoms with Gasteiger partial charge in [-0.3, -0.25) is 4.79 Å². The molecule has 2 fully saturated rings. The SMILES string of the molecule is CC1(C(=O)N2CCCC(CO)C2)CCCC1. The monoisotopic (exact) mass is 225 g/mol. The minimum atomic E-state index is -0.0999. The van der Waals surface area contributed by atoms with Crippen LogP contribution < -0.4 is 0 Å². The van der Waals surface area contributed by atoms with Crippen LogP contribution >= 0.6 is 0 Å². The van der Waals surface area contributed by atoms with Crippen molar-refractivity contribution in [2.45, 2.75) is 45.4 Å². The highest BCUT2D eigenvalue weighted by molar-refractivity contribution is 5.82. The van der Waals surface area contributed by atoms with Gasteiger partial charge in [-0.05, 0) is 31.6 Å². The van der Waals surface area contributed by atoms with Crippen molar-refractivity contribution in [3.8, 4) is 0 Å². The van der Waals surface area contributed by atoms with E-state index in [-0.39, 0.29) is 12.0 Å². The summed E-state index contributed by atoms with van der Waals surface area (Å²) in [4.78, 5) is 14.4. The standard InChI is InChI=1S/C13H23NO2/c1-13(6-2-3-7-13)12(16)14-8-4-5-11(9-14)10-15/h11,15H,2-10H2,1H3. The summed E-state index contributed by atoms with van der Waals surface area (Å²) in [6, 6.07) is 0. The predicted molar refractivity (Wildman–Crippen MR) is 63.0 cm³/mol. The maximum absolute atomic E-state index is 12.4. The molecule has 0 radical (unpaired) electrons. The molecule has 0 aromatic heterocycles. The van der Waals surface area contributed by atoms with Crippen LogP contribution in [0.25, 0.3) is 0 Å². The lowest BCUT2D eigenvalue weighted by Crippen LogP contribution is -2.46. The van der Waals surface area contributed by atoms with Crippen molar-refractivity contribution in [1.82, 2.24) is 4.90 Å². The predicted octanol–water partition coefficient (Wildman–Crippen LogP) is 1.80. The molecule has 1 heterocycles. The molecular formula is C13H23NO2. The van der Waals surface area contributed by atoms with Gasteiger partial charge in [0.2, 0.25) is 5.91 Å². The molecule has 92 valence electrons. The van der Waals surface area contributed by atoms with Gasteiger partial charge >= 0.3 is 0 Å². The molecule has 1 aliphatic carbocycles. The molecule has 16 heavy (non-hydrogen) atoms. The minimum absolute atomic E-state index is 0.0999. The molecule has 1 amide bonds. The number of amides is 1. The third-order valence-electron chi connectivity index (χ3n) is 4.29. The third kappa shape index (κ3) is 2.24. The minimum Gasteiger partial charge on any atom is -0.396 e. The number of hydrogen-bond acceptors (Lipinski definition) is 2. The Morgan fingerprint density at radius 1 is 1.38 bits per heavy atom. The summed E-state index contributed by atoms with van der Waals surface area (Å²) in [5, 5.41) is 9.18. The van der Waals surface area contributed by atoms with E-state index >= 15 is 0 Å². The molecule has 1 atom stereocenters. The van der Waals surface area contributed by atoms with Crippen LogP contribution in [-0.2, 0) is 4.79 Å². The highest BCUT2D eigenvalue weighted by Crippen LogP contribution is 2.39. The van der Waals surface area contributed by atoms with Gasteiger partial charge in [-0.1, -0.05) is 19.8 Å². The molecule has 1 saturated carbocycles. The molecule has 0 aromatic carbocycles. The van der Waals surface area contributed by atoms with Gasteiger partial charge in [0, 0.05) is 25.1 Å². The Balaban J connectivity index is 1.98. The molecular weight excluding hydrogens is 202 g/mol. The van der Waals surface area contributed by atoms with E-state index in [2.05, 4.69) is 6.92 Å². The molecule has 1 saturated heterocycles. The Kier molecular flexibility index (Phi) is 3.53. The summed E-state index contributed by atoms with van der Waals surface area (Å²) < 4.78 is 0. The largest absolute Gasteiger partial charge is 0.396 e. The van der Waals surface area contributed by atoms with Crippen LogP contribution in [0, 0.1) is 11.3 Å². The van der Waals surface area contributed by atoms with Gasteiger partial charge in [0.1, 0.15) is 0 Å². The van der Waals surface area contributed by atoms with Crippen molar-refractivity contribution in [3.63, 3.8) is 0 Å². The summed E-state index contributed by atoms with van der Waals surface area (Å²) in [6.45, 7) is 4.00. The summed E-state index contributed by atoms with van der Waals surface area (Å²) in [6.07, 6.45) is 6.60. The Morgan fingerprint density at radius 3 is 2.69 bits per heavy atom. The Hall–Kier alpha value is -0.570. The van der Waals surface area contributed by atoms with Crippen LogP contribution in [0.3, 0.4) is 0 Å². The second-order valence-corrected chi connectivity index (χ2v) is 5.71. The lowest BCUT2D eigenvalue weighted by molar-refractivity contribution is -0.143. The Labute approximate surface area is 97.8 Å². The average Bonchev–Trinajstić information content (AvgIpc) is 2.76. The van der Waals surface area contributed by atoms with Crippen molar-refractivity contribution in [2.24, 2.45) is 11.3 Å². The van der Waals surface area contributed by atoms with Crippen molar-refractivity contribution in [2.75, 3.05) is 19.7 Å². The number of carbonyl (C=O) groups excluding carboxylic acids is 1. The van der Waals surface area contributed by atoms with Gasteiger partial charge in [-0.2, -0.15) is 0 Å². The number of rotatable bonds is 2. The van der Waals surface area contributed by atoms with E-state index in [0.717, 1.165) is 38.8 Å². The van der Waals surface area contributed by atoms with E-state index in [0.29, 0.717) is 11.8 Å². The van der Waals surface area contributed by atoms with Crippen LogP contribution in [0.5, 0.6) is 0 Å². The first-order valence-corrected chi connectivity index (χ1v) is 6.56. The summed E-state index contributed by atoms with van der Waals surface area (Å²) in [5.41, 5.74) is -0.0999. The van der Waals surface area contributed by atoms with Crippen molar-refractivity contribution >= 4 is 5.91 Å². The maximum atomic E-state index is 12.4. The number of aliphatic hydroxyl groups excluding tert-OH is 1. The highest BCUT2D eigenvalue weighted by Gasteiger charge is 2.40. The molecule has 2 rings (SSSR count). The van der Waals surface area contributed by atoms with Crippen LogP contribution in [-0.4, -0.2) is 35.6 Å². The third-order valence-corrected chi connectivity index (χ3v) is 4.29. The lowest BCUT2D eigenvalue weighted by atomic mass is 9.85. The van der Waals surface area contributed by atoms with Gasteiger partial charge in [-0.15, -0.1) is 0 Å². The summed E-state index contributed by atoms with van der Waals surface area (Å²) >= 11 is 0. The molecule has 1 aliphatic heterocycles. The maximum Gasteiger partial charge on any atom is 0.228 e. The zero-order valence-electron chi connectivity index (χ0n) is 10.2. The zero-order chi connectivity index (χ0) is 11.6. The average molecular weight is 225 g/mol. The van der Waals surface area contributed by atoms with Crippen LogP contribution in [0.2, 0.25) is 0 Å². The number of nitrogens with zero attached hydrogens (tertiary/aromatic N) is 1.